The molecule has 0 radical (unpaired) electrons. The van der Waals surface area contributed by atoms with Crippen LogP contribution in [0, 0.1) is 13.8 Å². The van der Waals surface area contributed by atoms with Gasteiger partial charge in [-0.25, -0.2) is 0 Å². The van der Waals surface area contributed by atoms with E-state index in [1.54, 1.807) is 18.9 Å². The van der Waals surface area contributed by atoms with Crippen molar-refractivity contribution in [3.8, 4) is 5.75 Å². The summed E-state index contributed by atoms with van der Waals surface area (Å²) in [6.45, 7) is 5.75. The molecule has 0 heterocycles. The summed E-state index contributed by atoms with van der Waals surface area (Å²) in [6, 6.07) is 5.88. The summed E-state index contributed by atoms with van der Waals surface area (Å²) >= 11 is 0. The highest BCUT2D eigenvalue weighted by molar-refractivity contribution is 5.81. The van der Waals surface area contributed by atoms with Crippen LogP contribution in [0.3, 0.4) is 0 Å². The molecular formula is C18H27NO3. The van der Waals surface area contributed by atoms with Gasteiger partial charge < -0.3 is 14.7 Å². The minimum Gasteiger partial charge on any atom is -0.481 e. The number of carbonyl (C=O) groups is 1. The van der Waals surface area contributed by atoms with Crippen molar-refractivity contribution in [1.29, 1.82) is 0 Å². The molecule has 4 heteroatoms. The number of likely N-dealkylation sites (N-methyl/N-ethyl adjacent to an activating group) is 1. The second-order valence-electron chi connectivity index (χ2n) is 6.40. The standard InChI is InChI=1S/C18H27NO3/c1-12-9-10-13(2)17(11-12)22-14(3)18(21)19(4)15-7-5-6-8-16(15)20/h9-11,14-16,20H,5-8H2,1-4H3/t14-,15-,16-/m1/s1. The van der Waals surface area contributed by atoms with Gasteiger partial charge in [-0.05, 0) is 50.8 Å². The Balaban J connectivity index is 2.03. The lowest BCUT2D eigenvalue weighted by atomic mass is 9.91. The van der Waals surface area contributed by atoms with Crippen LogP contribution in [-0.4, -0.2) is 41.2 Å². The number of ether oxygens (including phenoxy) is 1. The zero-order chi connectivity index (χ0) is 16.3. The van der Waals surface area contributed by atoms with E-state index >= 15 is 0 Å². The van der Waals surface area contributed by atoms with Gasteiger partial charge in [-0.3, -0.25) is 4.79 Å². The van der Waals surface area contributed by atoms with Crippen LogP contribution in [0.4, 0.5) is 0 Å². The zero-order valence-corrected chi connectivity index (χ0v) is 14.0. The van der Waals surface area contributed by atoms with Crippen LogP contribution in [0.2, 0.25) is 0 Å². The number of hydrogen-bond acceptors (Lipinski definition) is 3. The highest BCUT2D eigenvalue weighted by Crippen LogP contribution is 2.24. The van der Waals surface area contributed by atoms with Gasteiger partial charge in [0.2, 0.25) is 0 Å². The summed E-state index contributed by atoms with van der Waals surface area (Å²) in [5, 5.41) is 10.1. The molecule has 22 heavy (non-hydrogen) atoms. The molecule has 1 aromatic carbocycles. The van der Waals surface area contributed by atoms with Crippen molar-refractivity contribution in [2.45, 2.75) is 64.7 Å². The van der Waals surface area contributed by atoms with Gasteiger partial charge in [-0.15, -0.1) is 0 Å². The predicted octanol–water partition coefficient (Wildman–Crippen LogP) is 2.83. The largest absolute Gasteiger partial charge is 0.481 e. The smallest absolute Gasteiger partial charge is 0.263 e. The van der Waals surface area contributed by atoms with E-state index in [2.05, 4.69) is 0 Å². The molecule has 0 saturated heterocycles. The van der Waals surface area contributed by atoms with Gasteiger partial charge in [-0.1, -0.05) is 25.0 Å². The number of amides is 1. The molecule has 2 rings (SSSR count). The lowest BCUT2D eigenvalue weighted by Crippen LogP contribution is -2.50. The molecule has 0 aromatic heterocycles. The third kappa shape index (κ3) is 3.80. The monoisotopic (exact) mass is 305 g/mol. The number of hydrogen-bond donors (Lipinski definition) is 1. The maximum Gasteiger partial charge on any atom is 0.263 e. The van der Waals surface area contributed by atoms with Crippen LogP contribution in [0.5, 0.6) is 5.75 Å². The Bertz CT molecular complexity index is 529. The highest BCUT2D eigenvalue weighted by atomic mass is 16.5. The van der Waals surface area contributed by atoms with E-state index < -0.39 is 12.2 Å². The van der Waals surface area contributed by atoms with Crippen molar-refractivity contribution < 1.29 is 14.6 Å². The summed E-state index contributed by atoms with van der Waals surface area (Å²) in [6.07, 6.45) is 2.75. The van der Waals surface area contributed by atoms with E-state index in [9.17, 15) is 9.90 Å². The molecule has 1 amide bonds. The van der Waals surface area contributed by atoms with Crippen LogP contribution in [-0.2, 0) is 4.79 Å². The number of aliphatic hydroxyl groups is 1. The van der Waals surface area contributed by atoms with E-state index in [4.69, 9.17) is 4.74 Å². The lowest BCUT2D eigenvalue weighted by molar-refractivity contribution is -0.142. The van der Waals surface area contributed by atoms with Crippen LogP contribution < -0.4 is 4.74 Å². The van der Waals surface area contributed by atoms with Gasteiger partial charge >= 0.3 is 0 Å². The third-order valence-electron chi connectivity index (χ3n) is 4.53. The first-order valence-corrected chi connectivity index (χ1v) is 8.09. The second kappa shape index (κ2) is 7.14. The number of aryl methyl sites for hydroxylation is 2. The molecule has 0 spiro atoms. The van der Waals surface area contributed by atoms with E-state index in [0.717, 1.165) is 42.6 Å². The minimum absolute atomic E-state index is 0.0770. The number of benzene rings is 1. The van der Waals surface area contributed by atoms with Crippen LogP contribution in [0.1, 0.15) is 43.7 Å². The fourth-order valence-electron chi connectivity index (χ4n) is 3.07. The molecule has 1 saturated carbocycles. The molecule has 1 aromatic rings. The van der Waals surface area contributed by atoms with Gasteiger partial charge in [0.15, 0.2) is 6.10 Å². The molecule has 0 bridgehead atoms. The van der Waals surface area contributed by atoms with E-state index in [-0.39, 0.29) is 11.9 Å². The fourth-order valence-corrected chi connectivity index (χ4v) is 3.07. The van der Waals surface area contributed by atoms with Gasteiger partial charge in [0.25, 0.3) is 5.91 Å². The maximum absolute atomic E-state index is 12.6. The van der Waals surface area contributed by atoms with E-state index in [1.165, 1.54) is 0 Å². The Morgan fingerprint density at radius 1 is 1.32 bits per heavy atom. The third-order valence-corrected chi connectivity index (χ3v) is 4.53. The fraction of sp³-hybridized carbons (Fsp3) is 0.611. The molecule has 0 unspecified atom stereocenters. The first kappa shape index (κ1) is 16.8. The topological polar surface area (TPSA) is 49.8 Å². The lowest BCUT2D eigenvalue weighted by Gasteiger charge is -2.36. The molecule has 122 valence electrons. The van der Waals surface area contributed by atoms with Crippen molar-refractivity contribution in [1.82, 2.24) is 4.90 Å². The Labute approximate surface area is 133 Å². The number of aliphatic hydroxyl groups excluding tert-OH is 1. The summed E-state index contributed by atoms with van der Waals surface area (Å²) in [5.74, 6) is 0.672. The molecular weight excluding hydrogens is 278 g/mol. The van der Waals surface area contributed by atoms with Crippen molar-refractivity contribution in [2.24, 2.45) is 0 Å². The Kier molecular flexibility index (Phi) is 5.46. The molecule has 4 nitrogen and oxygen atoms in total. The number of carbonyl (C=O) groups excluding carboxylic acids is 1. The quantitative estimate of drug-likeness (QED) is 0.930. The first-order chi connectivity index (χ1) is 10.4. The summed E-state index contributed by atoms with van der Waals surface area (Å²) in [5.41, 5.74) is 2.13. The maximum atomic E-state index is 12.6. The normalized spacial score (nSPS) is 23.0. The number of rotatable bonds is 4. The number of nitrogens with zero attached hydrogens (tertiary/aromatic N) is 1. The van der Waals surface area contributed by atoms with Crippen molar-refractivity contribution in [3.63, 3.8) is 0 Å². The van der Waals surface area contributed by atoms with Crippen LogP contribution >= 0.6 is 0 Å². The molecule has 0 aliphatic heterocycles. The zero-order valence-electron chi connectivity index (χ0n) is 14.0. The Hall–Kier alpha value is -1.55. The van der Waals surface area contributed by atoms with Crippen LogP contribution in [0.15, 0.2) is 18.2 Å². The average Bonchev–Trinajstić information content (AvgIpc) is 2.50. The highest BCUT2D eigenvalue weighted by Gasteiger charge is 2.32. The second-order valence-corrected chi connectivity index (χ2v) is 6.40. The van der Waals surface area contributed by atoms with Crippen molar-refractivity contribution in [3.05, 3.63) is 29.3 Å². The van der Waals surface area contributed by atoms with E-state index in [1.807, 2.05) is 32.0 Å². The van der Waals surface area contributed by atoms with Crippen molar-refractivity contribution in [2.75, 3.05) is 7.05 Å². The molecule has 1 aliphatic rings. The Morgan fingerprint density at radius 2 is 2.00 bits per heavy atom. The van der Waals surface area contributed by atoms with Gasteiger partial charge in [-0.2, -0.15) is 0 Å². The van der Waals surface area contributed by atoms with Crippen LogP contribution in [0.25, 0.3) is 0 Å². The van der Waals surface area contributed by atoms with Gasteiger partial charge in [0.05, 0.1) is 12.1 Å². The molecule has 1 N–H and O–H groups in total. The Morgan fingerprint density at radius 3 is 2.68 bits per heavy atom. The van der Waals surface area contributed by atoms with Gasteiger partial charge in [0, 0.05) is 7.05 Å². The summed E-state index contributed by atoms with van der Waals surface area (Å²) < 4.78 is 5.86. The first-order valence-electron chi connectivity index (χ1n) is 8.09. The molecule has 3 atom stereocenters. The average molecular weight is 305 g/mol. The van der Waals surface area contributed by atoms with Gasteiger partial charge in [0.1, 0.15) is 5.75 Å². The summed E-state index contributed by atoms with van der Waals surface area (Å²) in [4.78, 5) is 14.2. The molecule has 1 aliphatic carbocycles. The van der Waals surface area contributed by atoms with E-state index in [0.29, 0.717) is 0 Å². The van der Waals surface area contributed by atoms with Crippen molar-refractivity contribution >= 4 is 5.91 Å². The minimum atomic E-state index is -0.556. The SMILES string of the molecule is Cc1ccc(C)c(O[C@H](C)C(=O)N(C)[C@@H]2CCCC[C@H]2O)c1. The predicted molar refractivity (Wildman–Crippen MR) is 87.0 cm³/mol. The summed E-state index contributed by atoms with van der Waals surface area (Å²) in [7, 11) is 1.77. The molecule has 1 fully saturated rings.